The van der Waals surface area contributed by atoms with Gasteiger partial charge in [-0.25, -0.2) is 0 Å². The molecule has 0 aliphatic rings. The molecular weight excluding hydrogens is 272 g/mol. The van der Waals surface area contributed by atoms with Gasteiger partial charge in [0.1, 0.15) is 12.6 Å². The van der Waals surface area contributed by atoms with Gasteiger partial charge in [-0.3, -0.25) is 9.59 Å². The molecule has 0 bridgehead atoms. The van der Waals surface area contributed by atoms with E-state index in [0.29, 0.717) is 6.42 Å². The summed E-state index contributed by atoms with van der Waals surface area (Å²) in [5, 5.41) is 0. The Balaban J connectivity index is 2.66. The van der Waals surface area contributed by atoms with Crippen LogP contribution in [0.4, 0.5) is 0 Å². The van der Waals surface area contributed by atoms with Crippen molar-refractivity contribution in [3.63, 3.8) is 0 Å². The van der Waals surface area contributed by atoms with Crippen LogP contribution in [0.5, 0.6) is 0 Å². The summed E-state index contributed by atoms with van der Waals surface area (Å²) in [6.45, 7) is 1.63. The van der Waals surface area contributed by atoms with Crippen LogP contribution in [0.1, 0.15) is 31.4 Å². The highest BCUT2D eigenvalue weighted by atomic mass is 16.6. The number of carbonyl (C=O) groups is 2. The molecule has 21 heavy (non-hydrogen) atoms. The van der Waals surface area contributed by atoms with Crippen LogP contribution in [0.15, 0.2) is 30.3 Å². The summed E-state index contributed by atoms with van der Waals surface area (Å²) in [6, 6.07) is 8.38. The molecule has 0 amide bonds. The van der Waals surface area contributed by atoms with Crippen molar-refractivity contribution in [1.29, 1.82) is 0 Å². The largest absolute Gasteiger partial charge is 0.460 e. The molecule has 6 nitrogen and oxygen atoms in total. The highest BCUT2D eigenvalue weighted by Crippen LogP contribution is 2.18. The molecule has 0 spiro atoms. The number of carbonyl (C=O) groups excluding carboxylic acids is 2. The first-order valence-corrected chi connectivity index (χ1v) is 6.95. The molecule has 0 saturated carbocycles. The highest BCUT2D eigenvalue weighted by Gasteiger charge is 2.20. The number of hydrogen-bond acceptors (Lipinski definition) is 6. The summed E-state index contributed by atoms with van der Waals surface area (Å²) in [5.41, 5.74) is 11.7. The maximum atomic E-state index is 11.7. The smallest absolute Gasteiger partial charge is 0.323 e. The van der Waals surface area contributed by atoms with E-state index in [1.807, 2.05) is 25.1 Å². The molecule has 0 aromatic heterocycles. The third kappa shape index (κ3) is 5.93. The van der Waals surface area contributed by atoms with E-state index in [4.69, 9.17) is 20.9 Å². The summed E-state index contributed by atoms with van der Waals surface area (Å²) >= 11 is 0. The molecule has 6 heteroatoms. The molecule has 1 aromatic carbocycles. The fourth-order valence-electron chi connectivity index (χ4n) is 1.77. The minimum Gasteiger partial charge on any atom is -0.460 e. The average Bonchev–Trinajstić information content (AvgIpc) is 2.51. The molecule has 4 N–H and O–H groups in total. The van der Waals surface area contributed by atoms with Gasteiger partial charge < -0.3 is 20.9 Å². The zero-order valence-corrected chi connectivity index (χ0v) is 12.2. The van der Waals surface area contributed by atoms with E-state index in [2.05, 4.69) is 0 Å². The Morgan fingerprint density at radius 3 is 2.48 bits per heavy atom. The predicted octanol–water partition coefficient (Wildman–Crippen LogP) is 0.900. The van der Waals surface area contributed by atoms with Gasteiger partial charge in [-0.05, 0) is 12.0 Å². The Hall–Kier alpha value is -1.92. The van der Waals surface area contributed by atoms with Gasteiger partial charge in [-0.1, -0.05) is 43.7 Å². The maximum Gasteiger partial charge on any atom is 0.323 e. The predicted molar refractivity (Wildman–Crippen MR) is 78.2 cm³/mol. The van der Waals surface area contributed by atoms with E-state index >= 15 is 0 Å². The Kier molecular flexibility index (Phi) is 7.42. The minimum absolute atomic E-state index is 0.0774. The fraction of sp³-hybridized carbons (Fsp3) is 0.467. The molecule has 116 valence electrons. The quantitative estimate of drug-likeness (QED) is 0.690. The van der Waals surface area contributed by atoms with Gasteiger partial charge >= 0.3 is 11.9 Å². The lowest BCUT2D eigenvalue weighted by molar-refractivity contribution is -0.159. The maximum absolute atomic E-state index is 11.7. The Bertz CT molecular complexity index is 450. The van der Waals surface area contributed by atoms with Crippen LogP contribution in [-0.4, -0.2) is 31.1 Å². The van der Waals surface area contributed by atoms with Crippen molar-refractivity contribution in [3.8, 4) is 0 Å². The first-order chi connectivity index (χ1) is 10.1. The first-order valence-electron chi connectivity index (χ1n) is 6.95. The van der Waals surface area contributed by atoms with Gasteiger partial charge in [-0.15, -0.1) is 0 Å². The van der Waals surface area contributed by atoms with E-state index < -0.39 is 24.1 Å². The lowest BCUT2D eigenvalue weighted by atomic mass is 10.1. The Morgan fingerprint density at radius 2 is 1.90 bits per heavy atom. The average molecular weight is 294 g/mol. The number of rotatable bonds is 8. The second-order valence-electron chi connectivity index (χ2n) is 4.62. The third-order valence-electron chi connectivity index (χ3n) is 2.89. The van der Waals surface area contributed by atoms with Crippen molar-refractivity contribution in [1.82, 2.24) is 0 Å². The molecule has 0 heterocycles. The van der Waals surface area contributed by atoms with Gasteiger partial charge in [-0.2, -0.15) is 0 Å². The lowest BCUT2D eigenvalue weighted by Crippen LogP contribution is -2.33. The molecule has 0 aliphatic heterocycles. The van der Waals surface area contributed by atoms with Gasteiger partial charge in [0.15, 0.2) is 6.10 Å². The van der Waals surface area contributed by atoms with E-state index in [1.54, 1.807) is 12.1 Å². The van der Waals surface area contributed by atoms with E-state index in [0.717, 1.165) is 12.0 Å². The van der Waals surface area contributed by atoms with E-state index in [-0.39, 0.29) is 13.2 Å². The first kappa shape index (κ1) is 17.1. The van der Waals surface area contributed by atoms with Crippen molar-refractivity contribution < 1.29 is 19.1 Å². The van der Waals surface area contributed by atoms with Crippen LogP contribution < -0.4 is 11.5 Å². The van der Waals surface area contributed by atoms with Gasteiger partial charge in [0.2, 0.25) is 0 Å². The molecule has 0 saturated heterocycles. The van der Waals surface area contributed by atoms with Crippen molar-refractivity contribution in [2.24, 2.45) is 11.5 Å². The number of esters is 2. The normalized spacial score (nSPS) is 13.3. The molecule has 1 rings (SSSR count). The van der Waals surface area contributed by atoms with E-state index in [9.17, 15) is 9.59 Å². The van der Waals surface area contributed by atoms with Crippen molar-refractivity contribution in [2.45, 2.75) is 31.9 Å². The molecule has 1 aromatic rings. The molecule has 1 unspecified atom stereocenters. The van der Waals surface area contributed by atoms with Crippen molar-refractivity contribution in [2.75, 3.05) is 13.2 Å². The zero-order valence-electron chi connectivity index (χ0n) is 12.2. The topological polar surface area (TPSA) is 105 Å². The summed E-state index contributed by atoms with van der Waals surface area (Å²) in [4.78, 5) is 23.1. The van der Waals surface area contributed by atoms with Crippen LogP contribution in [0.25, 0.3) is 0 Å². The number of benzene rings is 1. The zero-order chi connectivity index (χ0) is 15.7. The lowest BCUT2D eigenvalue weighted by Gasteiger charge is -2.19. The van der Waals surface area contributed by atoms with Crippen molar-refractivity contribution >= 4 is 11.9 Å². The van der Waals surface area contributed by atoms with Crippen LogP contribution in [-0.2, 0) is 19.1 Å². The number of hydrogen-bond donors (Lipinski definition) is 2. The van der Waals surface area contributed by atoms with Crippen LogP contribution >= 0.6 is 0 Å². The van der Waals surface area contributed by atoms with E-state index in [1.165, 1.54) is 0 Å². The van der Waals surface area contributed by atoms with Crippen LogP contribution in [0, 0.1) is 0 Å². The third-order valence-corrected chi connectivity index (χ3v) is 2.89. The van der Waals surface area contributed by atoms with Crippen LogP contribution in [0.3, 0.4) is 0 Å². The second-order valence-corrected chi connectivity index (χ2v) is 4.62. The standard InChI is InChI=1S/C15H22N2O4/c1-2-6-12(17)15(19)20-10-13(21-14(18)9-16)11-7-4-3-5-8-11/h3-5,7-8,12-13H,2,6,9-10,16-17H2,1H3/t12-,13?/m0/s1. The molecule has 0 radical (unpaired) electrons. The SMILES string of the molecule is CCC[C@H](N)C(=O)OCC(OC(=O)CN)c1ccccc1. The summed E-state index contributed by atoms with van der Waals surface area (Å²) in [5.74, 6) is -1.06. The van der Waals surface area contributed by atoms with Crippen molar-refractivity contribution in [3.05, 3.63) is 35.9 Å². The van der Waals surface area contributed by atoms with Gasteiger partial charge in [0, 0.05) is 0 Å². The summed E-state index contributed by atoms with van der Waals surface area (Å²) in [7, 11) is 0. The Morgan fingerprint density at radius 1 is 1.24 bits per heavy atom. The highest BCUT2D eigenvalue weighted by molar-refractivity contribution is 5.75. The second kappa shape index (κ2) is 9.10. The molecule has 0 fully saturated rings. The monoisotopic (exact) mass is 294 g/mol. The molecule has 0 aliphatic carbocycles. The minimum atomic E-state index is -0.681. The molecular formula is C15H22N2O4. The molecule has 2 atom stereocenters. The van der Waals surface area contributed by atoms with Gasteiger partial charge in [0.25, 0.3) is 0 Å². The fourth-order valence-corrected chi connectivity index (χ4v) is 1.77. The number of ether oxygens (including phenoxy) is 2. The van der Waals surface area contributed by atoms with Crippen LogP contribution in [0.2, 0.25) is 0 Å². The number of nitrogens with two attached hydrogens (primary N) is 2. The van der Waals surface area contributed by atoms with Gasteiger partial charge in [0.05, 0.1) is 6.54 Å². The summed E-state index contributed by atoms with van der Waals surface area (Å²) in [6.07, 6.45) is 0.665. The Labute approximate surface area is 124 Å². The summed E-state index contributed by atoms with van der Waals surface area (Å²) < 4.78 is 10.3.